The summed E-state index contributed by atoms with van der Waals surface area (Å²) in [5.74, 6) is 0.139. The topological polar surface area (TPSA) is 94.0 Å². The number of nitrogens with two attached hydrogens (primary N) is 1. The highest BCUT2D eigenvalue weighted by Crippen LogP contribution is 2.30. The maximum atomic E-state index is 12.1. The minimum absolute atomic E-state index is 0.110. The summed E-state index contributed by atoms with van der Waals surface area (Å²) in [5.41, 5.74) is 7.88. The highest BCUT2D eigenvalue weighted by molar-refractivity contribution is 8.01. The molecule has 3 N–H and O–H groups in total. The summed E-state index contributed by atoms with van der Waals surface area (Å²) >= 11 is 2.58. The van der Waals surface area contributed by atoms with Crippen LogP contribution < -0.4 is 11.1 Å². The number of hydrogen-bond donors (Lipinski definition) is 2. The van der Waals surface area contributed by atoms with Gasteiger partial charge in [0.1, 0.15) is 11.2 Å². The van der Waals surface area contributed by atoms with Crippen LogP contribution in [0, 0.1) is 0 Å². The monoisotopic (exact) mass is 356 g/mol. The Balaban J connectivity index is 1.51. The molecule has 120 valence electrons. The van der Waals surface area contributed by atoms with Crippen molar-refractivity contribution >= 4 is 61.8 Å². The van der Waals surface area contributed by atoms with Gasteiger partial charge in [-0.15, -0.1) is 10.2 Å². The maximum Gasteiger partial charge on any atom is 0.234 e. The molecule has 0 unspecified atom stereocenters. The van der Waals surface area contributed by atoms with E-state index in [2.05, 4.69) is 15.5 Å². The SMILES string of the molecule is Nc1nnc(SCC(=O)Nc2ccc3oc4ccccc4c3c2)s1. The van der Waals surface area contributed by atoms with E-state index in [0.29, 0.717) is 9.47 Å². The molecule has 0 spiro atoms. The van der Waals surface area contributed by atoms with Gasteiger partial charge in [0.05, 0.1) is 5.75 Å². The predicted molar refractivity (Wildman–Crippen MR) is 97.4 cm³/mol. The lowest BCUT2D eigenvalue weighted by Crippen LogP contribution is -2.13. The van der Waals surface area contributed by atoms with Crippen molar-refractivity contribution in [2.24, 2.45) is 0 Å². The van der Waals surface area contributed by atoms with Crippen LogP contribution in [0.2, 0.25) is 0 Å². The van der Waals surface area contributed by atoms with E-state index >= 15 is 0 Å². The molecule has 0 atom stereocenters. The van der Waals surface area contributed by atoms with Gasteiger partial charge in [0.25, 0.3) is 0 Å². The number of nitrogens with one attached hydrogen (secondary N) is 1. The Kier molecular flexibility index (Phi) is 3.83. The fraction of sp³-hybridized carbons (Fsp3) is 0.0625. The second kappa shape index (κ2) is 6.14. The van der Waals surface area contributed by atoms with Crippen molar-refractivity contribution in [1.82, 2.24) is 10.2 Å². The smallest absolute Gasteiger partial charge is 0.234 e. The van der Waals surface area contributed by atoms with Gasteiger partial charge in [-0.25, -0.2) is 0 Å². The van der Waals surface area contributed by atoms with Crippen LogP contribution in [-0.2, 0) is 4.79 Å². The number of para-hydroxylation sites is 1. The number of carbonyl (C=O) groups excluding carboxylic acids is 1. The number of amides is 1. The van der Waals surface area contributed by atoms with Gasteiger partial charge in [-0.3, -0.25) is 4.79 Å². The molecule has 8 heteroatoms. The van der Waals surface area contributed by atoms with Crippen molar-refractivity contribution in [3.05, 3.63) is 42.5 Å². The molecule has 0 radical (unpaired) electrons. The van der Waals surface area contributed by atoms with Gasteiger partial charge >= 0.3 is 0 Å². The van der Waals surface area contributed by atoms with Crippen LogP contribution in [0.3, 0.4) is 0 Å². The van der Waals surface area contributed by atoms with Crippen molar-refractivity contribution in [3.8, 4) is 0 Å². The Morgan fingerprint density at radius 1 is 1.17 bits per heavy atom. The van der Waals surface area contributed by atoms with Crippen LogP contribution in [0.5, 0.6) is 0 Å². The van der Waals surface area contributed by atoms with E-state index in [1.54, 1.807) is 0 Å². The highest BCUT2D eigenvalue weighted by Gasteiger charge is 2.10. The van der Waals surface area contributed by atoms with Crippen molar-refractivity contribution in [2.75, 3.05) is 16.8 Å². The minimum Gasteiger partial charge on any atom is -0.456 e. The van der Waals surface area contributed by atoms with Gasteiger partial charge in [-0.05, 0) is 24.3 Å². The first-order chi connectivity index (χ1) is 11.7. The van der Waals surface area contributed by atoms with Crippen molar-refractivity contribution in [2.45, 2.75) is 4.34 Å². The molecule has 4 aromatic rings. The Hall–Kier alpha value is -2.58. The molecule has 2 aromatic heterocycles. The Morgan fingerprint density at radius 2 is 2.00 bits per heavy atom. The van der Waals surface area contributed by atoms with Gasteiger partial charge in [-0.1, -0.05) is 41.3 Å². The number of anilines is 2. The summed E-state index contributed by atoms with van der Waals surface area (Å²) in [6.45, 7) is 0. The third-order valence-corrected chi connectivity index (χ3v) is 5.30. The fourth-order valence-corrected chi connectivity index (χ4v) is 3.84. The zero-order chi connectivity index (χ0) is 16.5. The number of furan rings is 1. The highest BCUT2D eigenvalue weighted by atomic mass is 32.2. The maximum absolute atomic E-state index is 12.1. The first-order valence-corrected chi connectivity index (χ1v) is 8.92. The lowest BCUT2D eigenvalue weighted by Gasteiger charge is -2.04. The fourth-order valence-electron chi connectivity index (χ4n) is 2.41. The summed E-state index contributed by atoms with van der Waals surface area (Å²) in [4.78, 5) is 12.1. The number of thioether (sulfide) groups is 1. The third kappa shape index (κ3) is 2.93. The quantitative estimate of drug-likeness (QED) is 0.541. The number of aromatic nitrogens is 2. The summed E-state index contributed by atoms with van der Waals surface area (Å²) < 4.78 is 6.46. The molecule has 0 aliphatic rings. The first kappa shape index (κ1) is 15.0. The summed E-state index contributed by atoms with van der Waals surface area (Å²) in [7, 11) is 0. The molecule has 0 aliphatic carbocycles. The largest absolute Gasteiger partial charge is 0.456 e. The van der Waals surface area contributed by atoms with Crippen LogP contribution in [-0.4, -0.2) is 21.9 Å². The zero-order valence-corrected chi connectivity index (χ0v) is 14.0. The minimum atomic E-state index is -0.110. The average molecular weight is 356 g/mol. The number of rotatable bonds is 4. The molecule has 2 aromatic carbocycles. The second-order valence-electron chi connectivity index (χ2n) is 5.05. The van der Waals surface area contributed by atoms with E-state index in [0.717, 1.165) is 27.6 Å². The first-order valence-electron chi connectivity index (χ1n) is 7.12. The number of nitrogens with zero attached hydrogens (tertiary/aromatic N) is 2. The van der Waals surface area contributed by atoms with E-state index in [9.17, 15) is 4.79 Å². The van der Waals surface area contributed by atoms with E-state index in [4.69, 9.17) is 10.2 Å². The summed E-state index contributed by atoms with van der Waals surface area (Å²) in [6, 6.07) is 13.4. The lowest BCUT2D eigenvalue weighted by atomic mass is 10.1. The third-order valence-electron chi connectivity index (χ3n) is 3.41. The standard InChI is InChI=1S/C16H12N4O2S2/c17-15-19-20-16(24-15)23-8-14(21)18-9-5-6-13-11(7-9)10-3-1-2-4-12(10)22-13/h1-7H,8H2,(H2,17,19)(H,18,21). The zero-order valence-electron chi connectivity index (χ0n) is 12.4. The van der Waals surface area contributed by atoms with Crippen molar-refractivity contribution in [1.29, 1.82) is 0 Å². The normalized spacial score (nSPS) is 11.2. The molecule has 0 fully saturated rings. The summed E-state index contributed by atoms with van der Waals surface area (Å²) in [6.07, 6.45) is 0. The van der Waals surface area contributed by atoms with Crippen LogP contribution >= 0.6 is 23.1 Å². The Bertz CT molecular complexity index is 1040. The molecule has 6 nitrogen and oxygen atoms in total. The van der Waals surface area contributed by atoms with E-state index in [1.807, 2.05) is 42.5 Å². The molecular weight excluding hydrogens is 344 g/mol. The lowest BCUT2D eigenvalue weighted by molar-refractivity contribution is -0.113. The van der Waals surface area contributed by atoms with Crippen LogP contribution in [0.15, 0.2) is 51.2 Å². The Labute approximate surface area is 145 Å². The van der Waals surface area contributed by atoms with Gasteiger partial charge in [-0.2, -0.15) is 0 Å². The average Bonchev–Trinajstić information content (AvgIpc) is 3.16. The molecule has 0 saturated heterocycles. The van der Waals surface area contributed by atoms with Crippen LogP contribution in [0.4, 0.5) is 10.8 Å². The molecule has 0 bridgehead atoms. The van der Waals surface area contributed by atoms with Gasteiger partial charge in [0.2, 0.25) is 11.0 Å². The van der Waals surface area contributed by atoms with Crippen LogP contribution in [0.1, 0.15) is 0 Å². The molecular formula is C16H12N4O2S2. The number of nitrogen functional groups attached to an aromatic ring is 1. The second-order valence-corrected chi connectivity index (χ2v) is 7.28. The molecule has 0 aliphatic heterocycles. The summed E-state index contributed by atoms with van der Waals surface area (Å²) in [5, 5.41) is 12.9. The molecule has 4 rings (SSSR count). The molecule has 1 amide bonds. The van der Waals surface area contributed by atoms with Gasteiger partial charge < -0.3 is 15.5 Å². The van der Waals surface area contributed by atoms with Crippen molar-refractivity contribution in [3.63, 3.8) is 0 Å². The Morgan fingerprint density at radius 3 is 2.83 bits per heavy atom. The number of hydrogen-bond acceptors (Lipinski definition) is 7. The van der Waals surface area contributed by atoms with E-state index in [-0.39, 0.29) is 11.7 Å². The number of benzene rings is 2. The number of carbonyl (C=O) groups is 1. The predicted octanol–water partition coefficient (Wildman–Crippen LogP) is 3.75. The molecule has 2 heterocycles. The van der Waals surface area contributed by atoms with Gasteiger partial charge in [0, 0.05) is 16.5 Å². The van der Waals surface area contributed by atoms with Crippen LogP contribution in [0.25, 0.3) is 21.9 Å². The van der Waals surface area contributed by atoms with E-state index < -0.39 is 0 Å². The van der Waals surface area contributed by atoms with E-state index in [1.165, 1.54) is 23.1 Å². The molecule has 24 heavy (non-hydrogen) atoms. The van der Waals surface area contributed by atoms with Gasteiger partial charge in [0.15, 0.2) is 4.34 Å². The number of fused-ring (bicyclic) bond motifs is 3. The molecule has 0 saturated carbocycles. The van der Waals surface area contributed by atoms with Crippen molar-refractivity contribution < 1.29 is 9.21 Å².